The highest BCUT2D eigenvalue weighted by atomic mass is 35.5. The van der Waals surface area contributed by atoms with Gasteiger partial charge in [0.15, 0.2) is 0 Å². The lowest BCUT2D eigenvalue weighted by atomic mass is 10.1. The highest BCUT2D eigenvalue weighted by molar-refractivity contribution is 6.33. The van der Waals surface area contributed by atoms with E-state index in [0.29, 0.717) is 6.04 Å². The molecule has 18 heavy (non-hydrogen) atoms. The molecule has 1 saturated carbocycles. The Bertz CT molecular complexity index is 434. The van der Waals surface area contributed by atoms with Crippen molar-refractivity contribution < 1.29 is 4.74 Å². The van der Waals surface area contributed by atoms with Crippen LogP contribution in [-0.4, -0.2) is 32.8 Å². The van der Waals surface area contributed by atoms with Crippen LogP contribution in [0.4, 0.5) is 5.69 Å². The van der Waals surface area contributed by atoms with Crippen molar-refractivity contribution in [1.82, 2.24) is 5.32 Å². The zero-order valence-electron chi connectivity index (χ0n) is 10.7. The molecule has 1 aliphatic carbocycles. The summed E-state index contributed by atoms with van der Waals surface area (Å²) in [5, 5.41) is 4.43. The summed E-state index contributed by atoms with van der Waals surface area (Å²) in [5.74, 6) is 1.74. The SMILES string of the molecule is COc1ccc(Cl)c(N2CCNC(C3CC3)C2)c1. The molecule has 0 amide bonds. The maximum absolute atomic E-state index is 6.31. The van der Waals surface area contributed by atoms with E-state index >= 15 is 0 Å². The van der Waals surface area contributed by atoms with E-state index in [0.717, 1.165) is 42.0 Å². The van der Waals surface area contributed by atoms with Crippen molar-refractivity contribution in [2.45, 2.75) is 18.9 Å². The minimum Gasteiger partial charge on any atom is -0.497 e. The van der Waals surface area contributed by atoms with Crippen LogP contribution < -0.4 is 15.0 Å². The summed E-state index contributed by atoms with van der Waals surface area (Å²) >= 11 is 6.31. The third-order valence-electron chi connectivity index (χ3n) is 3.89. The first-order valence-electron chi connectivity index (χ1n) is 6.60. The van der Waals surface area contributed by atoms with Gasteiger partial charge in [0.2, 0.25) is 0 Å². The molecule has 98 valence electrons. The molecule has 3 rings (SSSR count). The second-order valence-electron chi connectivity index (χ2n) is 5.16. The van der Waals surface area contributed by atoms with Crippen molar-refractivity contribution in [2.75, 3.05) is 31.6 Å². The van der Waals surface area contributed by atoms with Crippen LogP contribution in [0.25, 0.3) is 0 Å². The highest BCUT2D eigenvalue weighted by Gasteiger charge is 2.34. The molecule has 0 spiro atoms. The minimum absolute atomic E-state index is 0.626. The van der Waals surface area contributed by atoms with Gasteiger partial charge in [0.05, 0.1) is 17.8 Å². The molecule has 2 fully saturated rings. The van der Waals surface area contributed by atoms with E-state index in [4.69, 9.17) is 16.3 Å². The molecule has 1 atom stereocenters. The van der Waals surface area contributed by atoms with Gasteiger partial charge >= 0.3 is 0 Å². The second-order valence-corrected chi connectivity index (χ2v) is 5.57. The molecule has 0 bridgehead atoms. The number of piperazine rings is 1. The highest BCUT2D eigenvalue weighted by Crippen LogP contribution is 2.36. The predicted octanol–water partition coefficient (Wildman–Crippen LogP) is 2.54. The first-order chi connectivity index (χ1) is 8.78. The normalized spacial score (nSPS) is 24.1. The molecule has 1 aromatic rings. The summed E-state index contributed by atoms with van der Waals surface area (Å²) < 4.78 is 5.29. The Morgan fingerprint density at radius 2 is 2.22 bits per heavy atom. The zero-order valence-corrected chi connectivity index (χ0v) is 11.4. The molecule has 1 unspecified atom stereocenters. The first kappa shape index (κ1) is 12.1. The summed E-state index contributed by atoms with van der Waals surface area (Å²) in [4.78, 5) is 2.38. The average molecular weight is 267 g/mol. The van der Waals surface area contributed by atoms with Gasteiger partial charge in [0.25, 0.3) is 0 Å². The van der Waals surface area contributed by atoms with Gasteiger partial charge in [-0.05, 0) is 30.9 Å². The van der Waals surface area contributed by atoms with E-state index in [9.17, 15) is 0 Å². The Labute approximate surface area is 113 Å². The van der Waals surface area contributed by atoms with Gasteiger partial charge in [-0.15, -0.1) is 0 Å². The van der Waals surface area contributed by atoms with E-state index in [1.807, 2.05) is 18.2 Å². The number of hydrogen-bond acceptors (Lipinski definition) is 3. The molecule has 1 aromatic carbocycles. The Hall–Kier alpha value is -0.930. The number of benzene rings is 1. The van der Waals surface area contributed by atoms with Crippen LogP contribution >= 0.6 is 11.6 Å². The molecule has 3 nitrogen and oxygen atoms in total. The lowest BCUT2D eigenvalue weighted by molar-refractivity contribution is 0.410. The Morgan fingerprint density at radius 1 is 1.39 bits per heavy atom. The molecule has 0 aromatic heterocycles. The Balaban J connectivity index is 1.79. The number of ether oxygens (including phenoxy) is 1. The van der Waals surface area contributed by atoms with E-state index in [-0.39, 0.29) is 0 Å². The smallest absolute Gasteiger partial charge is 0.121 e. The predicted molar refractivity (Wildman–Crippen MR) is 74.7 cm³/mol. The maximum atomic E-state index is 6.31. The Kier molecular flexibility index (Phi) is 3.35. The molecule has 4 heteroatoms. The minimum atomic E-state index is 0.626. The average Bonchev–Trinajstić information content (AvgIpc) is 3.24. The van der Waals surface area contributed by atoms with E-state index in [1.54, 1.807) is 7.11 Å². The third kappa shape index (κ3) is 2.43. The van der Waals surface area contributed by atoms with Gasteiger partial charge in [-0.25, -0.2) is 0 Å². The monoisotopic (exact) mass is 266 g/mol. The van der Waals surface area contributed by atoms with Gasteiger partial charge in [-0.3, -0.25) is 0 Å². The van der Waals surface area contributed by atoms with Crippen LogP contribution in [-0.2, 0) is 0 Å². The largest absolute Gasteiger partial charge is 0.497 e. The quantitative estimate of drug-likeness (QED) is 0.910. The number of methoxy groups -OCH3 is 1. The van der Waals surface area contributed by atoms with Gasteiger partial charge in [0.1, 0.15) is 5.75 Å². The molecule has 1 heterocycles. The van der Waals surface area contributed by atoms with Crippen molar-refractivity contribution >= 4 is 17.3 Å². The summed E-state index contributed by atoms with van der Waals surface area (Å²) in [6.07, 6.45) is 2.74. The number of rotatable bonds is 3. The summed E-state index contributed by atoms with van der Waals surface area (Å²) in [6.45, 7) is 3.10. The van der Waals surface area contributed by atoms with Gasteiger partial charge in [-0.2, -0.15) is 0 Å². The molecule has 1 saturated heterocycles. The van der Waals surface area contributed by atoms with Crippen molar-refractivity contribution in [1.29, 1.82) is 0 Å². The number of nitrogens with one attached hydrogen (secondary N) is 1. The van der Waals surface area contributed by atoms with E-state index < -0.39 is 0 Å². The molecule has 1 N–H and O–H groups in total. The van der Waals surface area contributed by atoms with Crippen LogP contribution in [0.15, 0.2) is 18.2 Å². The van der Waals surface area contributed by atoms with Crippen molar-refractivity contribution in [3.63, 3.8) is 0 Å². The van der Waals surface area contributed by atoms with Gasteiger partial charge in [-0.1, -0.05) is 11.6 Å². The summed E-state index contributed by atoms with van der Waals surface area (Å²) in [5.41, 5.74) is 1.10. The fourth-order valence-corrected chi connectivity index (χ4v) is 2.91. The second kappa shape index (κ2) is 4.98. The lowest BCUT2D eigenvalue weighted by Crippen LogP contribution is -2.51. The van der Waals surface area contributed by atoms with Crippen LogP contribution in [0.5, 0.6) is 5.75 Å². The lowest BCUT2D eigenvalue weighted by Gasteiger charge is -2.36. The fraction of sp³-hybridized carbons (Fsp3) is 0.571. The molecule has 0 radical (unpaired) electrons. The number of halogens is 1. The van der Waals surface area contributed by atoms with Crippen molar-refractivity contribution in [3.05, 3.63) is 23.2 Å². The van der Waals surface area contributed by atoms with Crippen LogP contribution in [0.1, 0.15) is 12.8 Å². The van der Waals surface area contributed by atoms with Crippen molar-refractivity contribution in [3.8, 4) is 5.75 Å². The topological polar surface area (TPSA) is 24.5 Å². The van der Waals surface area contributed by atoms with E-state index in [2.05, 4.69) is 10.2 Å². The summed E-state index contributed by atoms with van der Waals surface area (Å²) in [6, 6.07) is 6.49. The molecule has 1 aliphatic heterocycles. The number of nitrogens with zero attached hydrogens (tertiary/aromatic N) is 1. The number of anilines is 1. The van der Waals surface area contributed by atoms with Gasteiger partial charge < -0.3 is 15.0 Å². The standard InChI is InChI=1S/C14H19ClN2O/c1-18-11-4-5-12(15)14(8-11)17-7-6-16-13(9-17)10-2-3-10/h4-5,8,10,13,16H,2-3,6-7,9H2,1H3. The van der Waals surface area contributed by atoms with Gasteiger partial charge in [0, 0.05) is 31.7 Å². The number of hydrogen-bond donors (Lipinski definition) is 1. The maximum Gasteiger partial charge on any atom is 0.121 e. The summed E-state index contributed by atoms with van der Waals surface area (Å²) in [7, 11) is 1.69. The molecular formula is C14H19ClN2O. The Morgan fingerprint density at radius 3 is 2.94 bits per heavy atom. The van der Waals surface area contributed by atoms with Crippen LogP contribution in [0.2, 0.25) is 5.02 Å². The first-order valence-corrected chi connectivity index (χ1v) is 6.97. The zero-order chi connectivity index (χ0) is 12.5. The van der Waals surface area contributed by atoms with E-state index in [1.165, 1.54) is 12.8 Å². The van der Waals surface area contributed by atoms with Crippen LogP contribution in [0.3, 0.4) is 0 Å². The van der Waals surface area contributed by atoms with Crippen molar-refractivity contribution in [2.24, 2.45) is 5.92 Å². The molecular weight excluding hydrogens is 248 g/mol. The van der Waals surface area contributed by atoms with Crippen LogP contribution in [0, 0.1) is 5.92 Å². The fourth-order valence-electron chi connectivity index (χ4n) is 2.67. The molecule has 2 aliphatic rings. The third-order valence-corrected chi connectivity index (χ3v) is 4.21.